The molecule has 0 aliphatic rings. The highest BCUT2D eigenvalue weighted by Crippen LogP contribution is 1.84. The molecule has 0 saturated heterocycles. The second kappa shape index (κ2) is 2.73. The van der Waals surface area contributed by atoms with Crippen LogP contribution in [0.4, 0.5) is 0 Å². The Bertz CT molecular complexity index is 460. The molecule has 0 amide bonds. The van der Waals surface area contributed by atoms with Gasteiger partial charge in [0.2, 0.25) is 0 Å². The molecule has 2 heterocycles. The lowest BCUT2D eigenvalue weighted by molar-refractivity contribution is 0.697. The number of hydrogen-bond acceptors (Lipinski definition) is 4. The minimum absolute atomic E-state index is 0.0810. The minimum atomic E-state index is -0.499. The van der Waals surface area contributed by atoms with Crippen molar-refractivity contribution < 1.29 is 0 Å². The van der Waals surface area contributed by atoms with Gasteiger partial charge in [-0.25, -0.2) is 29.3 Å². The summed E-state index contributed by atoms with van der Waals surface area (Å²) in [7, 11) is 0. The zero-order chi connectivity index (χ0) is 9.26. The van der Waals surface area contributed by atoms with Gasteiger partial charge in [0.25, 0.3) is 0 Å². The van der Waals surface area contributed by atoms with Crippen LogP contribution in [0.25, 0.3) is 0 Å². The van der Waals surface area contributed by atoms with Gasteiger partial charge in [-0.1, -0.05) is 0 Å². The number of H-pyrrole nitrogens is 3. The average molecular weight is 182 g/mol. The zero-order valence-corrected chi connectivity index (χ0v) is 6.44. The van der Waals surface area contributed by atoms with E-state index in [0.29, 0.717) is 5.82 Å². The first-order valence-corrected chi connectivity index (χ1v) is 3.49. The van der Waals surface area contributed by atoms with Crippen molar-refractivity contribution in [1.29, 1.82) is 0 Å². The predicted octanol–water partition coefficient (Wildman–Crippen LogP) is -1.97. The van der Waals surface area contributed by atoms with Crippen molar-refractivity contribution in [2.45, 2.75) is 6.54 Å². The van der Waals surface area contributed by atoms with E-state index in [1.165, 1.54) is 6.33 Å². The Balaban J connectivity index is 2.38. The topological polar surface area (TPSA) is 112 Å². The Morgan fingerprint density at radius 2 is 2.00 bits per heavy atom. The molecular formula is C5H6N6O2. The van der Waals surface area contributed by atoms with Crippen LogP contribution < -0.4 is 11.4 Å². The largest absolute Gasteiger partial charge is 0.344 e. The summed E-state index contributed by atoms with van der Waals surface area (Å²) in [6.07, 6.45) is 1.31. The van der Waals surface area contributed by atoms with Gasteiger partial charge in [-0.3, -0.25) is 5.10 Å². The predicted molar refractivity (Wildman–Crippen MR) is 41.2 cm³/mol. The first kappa shape index (κ1) is 7.53. The summed E-state index contributed by atoms with van der Waals surface area (Å²) in [5, 5.41) is 10.4. The fourth-order valence-electron chi connectivity index (χ4n) is 0.934. The van der Waals surface area contributed by atoms with E-state index >= 15 is 0 Å². The second-order valence-electron chi connectivity index (χ2n) is 2.38. The van der Waals surface area contributed by atoms with Gasteiger partial charge in [0.05, 0.1) is 6.54 Å². The SMILES string of the molecule is O=c1[nH][nH]c(=O)n1Cc1ncn[nH]1. The third kappa shape index (κ3) is 1.28. The third-order valence-corrected chi connectivity index (χ3v) is 1.54. The quantitative estimate of drug-likeness (QED) is 0.500. The molecule has 13 heavy (non-hydrogen) atoms. The summed E-state index contributed by atoms with van der Waals surface area (Å²) in [6.45, 7) is 0.0810. The summed E-state index contributed by atoms with van der Waals surface area (Å²) >= 11 is 0. The van der Waals surface area contributed by atoms with Gasteiger partial charge in [-0.05, 0) is 0 Å². The van der Waals surface area contributed by atoms with Gasteiger partial charge in [-0.2, -0.15) is 5.10 Å². The van der Waals surface area contributed by atoms with Crippen LogP contribution in [0.2, 0.25) is 0 Å². The normalized spacial score (nSPS) is 10.5. The number of rotatable bonds is 2. The van der Waals surface area contributed by atoms with Crippen molar-refractivity contribution in [2.24, 2.45) is 0 Å². The molecule has 0 aromatic carbocycles. The van der Waals surface area contributed by atoms with Crippen LogP contribution in [0.3, 0.4) is 0 Å². The maximum Gasteiger partial charge on any atom is 0.344 e. The Labute approximate surface area is 70.6 Å². The van der Waals surface area contributed by atoms with E-state index in [4.69, 9.17) is 0 Å². The Morgan fingerprint density at radius 3 is 2.54 bits per heavy atom. The molecule has 0 atom stereocenters. The first-order valence-electron chi connectivity index (χ1n) is 3.49. The smallest absolute Gasteiger partial charge is 0.262 e. The van der Waals surface area contributed by atoms with Gasteiger partial charge in [0.15, 0.2) is 0 Å². The Kier molecular flexibility index (Phi) is 1.58. The molecule has 0 fully saturated rings. The van der Waals surface area contributed by atoms with Crippen LogP contribution in [0, 0.1) is 0 Å². The molecule has 2 aromatic rings. The molecule has 0 aliphatic carbocycles. The van der Waals surface area contributed by atoms with E-state index in [1.807, 2.05) is 0 Å². The Morgan fingerprint density at radius 1 is 1.31 bits per heavy atom. The molecule has 0 bridgehead atoms. The van der Waals surface area contributed by atoms with Crippen LogP contribution in [0.1, 0.15) is 5.82 Å². The fraction of sp³-hybridized carbons (Fsp3) is 0.200. The molecule has 0 radical (unpaired) electrons. The molecule has 0 saturated carbocycles. The third-order valence-electron chi connectivity index (χ3n) is 1.54. The number of hydrogen-bond donors (Lipinski definition) is 3. The second-order valence-corrected chi connectivity index (χ2v) is 2.38. The first-order chi connectivity index (χ1) is 6.27. The van der Waals surface area contributed by atoms with Crippen molar-refractivity contribution in [3.63, 3.8) is 0 Å². The van der Waals surface area contributed by atoms with E-state index in [1.54, 1.807) is 0 Å². The van der Waals surface area contributed by atoms with Crippen LogP contribution in [-0.4, -0.2) is 29.9 Å². The summed E-state index contributed by atoms with van der Waals surface area (Å²) < 4.78 is 0.973. The van der Waals surface area contributed by atoms with Gasteiger partial charge in [-0.15, -0.1) is 0 Å². The molecule has 68 valence electrons. The molecule has 3 N–H and O–H groups in total. The van der Waals surface area contributed by atoms with Crippen molar-refractivity contribution in [3.05, 3.63) is 33.1 Å². The lowest BCUT2D eigenvalue weighted by Crippen LogP contribution is -2.27. The summed E-state index contributed by atoms with van der Waals surface area (Å²) in [5.41, 5.74) is -0.997. The summed E-state index contributed by atoms with van der Waals surface area (Å²) in [5.74, 6) is 0.451. The number of nitrogens with zero attached hydrogens (tertiary/aromatic N) is 3. The highest BCUT2D eigenvalue weighted by Gasteiger charge is 2.04. The van der Waals surface area contributed by atoms with Gasteiger partial charge in [0, 0.05) is 0 Å². The van der Waals surface area contributed by atoms with Crippen LogP contribution in [0.15, 0.2) is 15.9 Å². The molecule has 0 spiro atoms. The van der Waals surface area contributed by atoms with Crippen molar-refractivity contribution in [3.8, 4) is 0 Å². The maximum atomic E-state index is 11.0. The highest BCUT2D eigenvalue weighted by molar-refractivity contribution is 4.82. The fourth-order valence-corrected chi connectivity index (χ4v) is 0.934. The lowest BCUT2D eigenvalue weighted by Gasteiger charge is -1.92. The maximum absolute atomic E-state index is 11.0. The molecular weight excluding hydrogens is 176 g/mol. The zero-order valence-electron chi connectivity index (χ0n) is 6.44. The lowest BCUT2D eigenvalue weighted by atomic mass is 10.6. The van der Waals surface area contributed by atoms with E-state index in [9.17, 15) is 9.59 Å². The molecule has 0 unspecified atom stereocenters. The molecule has 8 nitrogen and oxygen atoms in total. The van der Waals surface area contributed by atoms with E-state index in [2.05, 4.69) is 25.4 Å². The molecule has 2 aromatic heterocycles. The molecule has 0 aliphatic heterocycles. The van der Waals surface area contributed by atoms with E-state index in [0.717, 1.165) is 4.57 Å². The number of aromatic nitrogens is 6. The standard InChI is InChI=1S/C5H6N6O2/c12-4-9-10-5(13)11(4)1-3-6-2-7-8-3/h2H,1H2,(H,9,12)(H,10,13)(H,6,7,8). The molecule has 8 heteroatoms. The minimum Gasteiger partial charge on any atom is -0.262 e. The summed E-state index contributed by atoms with van der Waals surface area (Å²) in [6, 6.07) is 0. The van der Waals surface area contributed by atoms with E-state index in [-0.39, 0.29) is 6.54 Å². The van der Waals surface area contributed by atoms with Crippen molar-refractivity contribution in [2.75, 3.05) is 0 Å². The van der Waals surface area contributed by atoms with Crippen molar-refractivity contribution in [1.82, 2.24) is 29.9 Å². The van der Waals surface area contributed by atoms with Gasteiger partial charge >= 0.3 is 11.4 Å². The number of nitrogens with one attached hydrogen (secondary N) is 3. The summed E-state index contributed by atoms with van der Waals surface area (Å²) in [4.78, 5) is 25.7. The van der Waals surface area contributed by atoms with Crippen LogP contribution in [0.5, 0.6) is 0 Å². The monoisotopic (exact) mass is 182 g/mol. The molecule has 2 rings (SSSR count). The highest BCUT2D eigenvalue weighted by atomic mass is 16.2. The van der Waals surface area contributed by atoms with Crippen LogP contribution >= 0.6 is 0 Å². The Hall–Kier alpha value is -2.12. The van der Waals surface area contributed by atoms with Gasteiger partial charge < -0.3 is 0 Å². The van der Waals surface area contributed by atoms with E-state index < -0.39 is 11.4 Å². The van der Waals surface area contributed by atoms with Crippen molar-refractivity contribution >= 4 is 0 Å². The number of aromatic amines is 3. The average Bonchev–Trinajstić information content (AvgIpc) is 2.70. The van der Waals surface area contributed by atoms with Crippen LogP contribution in [-0.2, 0) is 6.54 Å². The van der Waals surface area contributed by atoms with Gasteiger partial charge in [0.1, 0.15) is 12.2 Å².